The summed E-state index contributed by atoms with van der Waals surface area (Å²) >= 11 is 0. The van der Waals surface area contributed by atoms with Crippen LogP contribution in [0, 0.1) is 17.7 Å². The second kappa shape index (κ2) is 10.2. The van der Waals surface area contributed by atoms with Gasteiger partial charge in [-0.1, -0.05) is 26.0 Å². The van der Waals surface area contributed by atoms with E-state index < -0.39 is 21.8 Å². The number of para-hydroxylation sites is 1. The Hall–Kier alpha value is -2.78. The first-order valence-electron chi connectivity index (χ1n) is 10.6. The van der Waals surface area contributed by atoms with Crippen LogP contribution in [0.5, 0.6) is 0 Å². The highest BCUT2D eigenvalue weighted by Crippen LogP contribution is 2.25. The van der Waals surface area contributed by atoms with E-state index in [-0.39, 0.29) is 35.7 Å². The van der Waals surface area contributed by atoms with Gasteiger partial charge in [0.05, 0.1) is 22.1 Å². The van der Waals surface area contributed by atoms with Crippen LogP contribution in [-0.4, -0.2) is 44.2 Å². The molecule has 172 valence electrons. The van der Waals surface area contributed by atoms with Crippen LogP contribution in [0.3, 0.4) is 0 Å². The zero-order valence-corrected chi connectivity index (χ0v) is 19.0. The highest BCUT2D eigenvalue weighted by Gasteiger charge is 2.33. The third kappa shape index (κ3) is 5.72. The molecule has 2 amide bonds. The molecule has 1 saturated heterocycles. The number of halogens is 1. The minimum Gasteiger partial charge on any atom is -0.352 e. The summed E-state index contributed by atoms with van der Waals surface area (Å²) in [5.41, 5.74) is 0.741. The van der Waals surface area contributed by atoms with E-state index in [1.54, 1.807) is 24.3 Å². The Morgan fingerprint density at radius 1 is 1.12 bits per heavy atom. The van der Waals surface area contributed by atoms with Crippen LogP contribution >= 0.6 is 0 Å². The van der Waals surface area contributed by atoms with E-state index in [0.717, 1.165) is 12.1 Å². The molecule has 1 aliphatic heterocycles. The number of carbonyl (C=O) groups excluding carboxylic acids is 2. The molecule has 3 rings (SSSR count). The minimum atomic E-state index is -3.83. The summed E-state index contributed by atoms with van der Waals surface area (Å²) in [7, 11) is -3.83. The molecule has 2 aromatic rings. The van der Waals surface area contributed by atoms with Crippen LogP contribution in [0.1, 0.15) is 37.0 Å². The average Bonchev–Trinajstić information content (AvgIpc) is 2.78. The number of hydrogen-bond donors (Lipinski definition) is 2. The van der Waals surface area contributed by atoms with Crippen LogP contribution in [0.2, 0.25) is 0 Å². The molecule has 0 bridgehead atoms. The SMILES string of the molecule is CC(C)CNC(=O)c1ccccc1NC(=O)[C@H]1CCCN(S(=O)(=O)c2ccc(F)cc2)C1. The second-order valence-electron chi connectivity index (χ2n) is 8.29. The van der Waals surface area contributed by atoms with E-state index >= 15 is 0 Å². The van der Waals surface area contributed by atoms with E-state index in [9.17, 15) is 22.4 Å². The van der Waals surface area contributed by atoms with Crippen molar-refractivity contribution in [3.05, 3.63) is 59.9 Å². The largest absolute Gasteiger partial charge is 0.352 e. The second-order valence-corrected chi connectivity index (χ2v) is 10.2. The summed E-state index contributed by atoms with van der Waals surface area (Å²) in [4.78, 5) is 25.5. The summed E-state index contributed by atoms with van der Waals surface area (Å²) in [6.45, 7) is 4.80. The number of nitrogens with one attached hydrogen (secondary N) is 2. The van der Waals surface area contributed by atoms with Gasteiger partial charge in [-0.2, -0.15) is 4.31 Å². The number of anilines is 1. The Morgan fingerprint density at radius 2 is 1.81 bits per heavy atom. The van der Waals surface area contributed by atoms with E-state index in [1.807, 2.05) is 13.8 Å². The molecule has 0 spiro atoms. The summed E-state index contributed by atoms with van der Waals surface area (Å²) in [5, 5.41) is 5.63. The van der Waals surface area contributed by atoms with E-state index in [2.05, 4.69) is 10.6 Å². The quantitative estimate of drug-likeness (QED) is 0.662. The van der Waals surface area contributed by atoms with Crippen LogP contribution in [0.4, 0.5) is 10.1 Å². The van der Waals surface area contributed by atoms with Crippen molar-refractivity contribution in [3.63, 3.8) is 0 Å². The minimum absolute atomic E-state index is 0.00729. The molecule has 0 saturated carbocycles. The number of hydrogen-bond acceptors (Lipinski definition) is 4. The lowest BCUT2D eigenvalue weighted by Gasteiger charge is -2.31. The predicted octanol–water partition coefficient (Wildman–Crippen LogP) is 3.25. The number of sulfonamides is 1. The van der Waals surface area contributed by atoms with Gasteiger partial charge in [-0.25, -0.2) is 12.8 Å². The monoisotopic (exact) mass is 461 g/mol. The Bertz CT molecular complexity index is 1070. The smallest absolute Gasteiger partial charge is 0.253 e. The average molecular weight is 462 g/mol. The van der Waals surface area contributed by atoms with Gasteiger partial charge < -0.3 is 10.6 Å². The molecule has 2 N–H and O–H groups in total. The lowest BCUT2D eigenvalue weighted by Crippen LogP contribution is -2.43. The molecule has 0 radical (unpaired) electrons. The molecule has 7 nitrogen and oxygen atoms in total. The number of amides is 2. The predicted molar refractivity (Wildman–Crippen MR) is 120 cm³/mol. The Kier molecular flexibility index (Phi) is 7.63. The van der Waals surface area contributed by atoms with E-state index in [4.69, 9.17) is 0 Å². The normalized spacial score (nSPS) is 17.2. The van der Waals surface area contributed by atoms with Crippen molar-refractivity contribution >= 4 is 27.5 Å². The fraction of sp³-hybridized carbons (Fsp3) is 0.391. The van der Waals surface area contributed by atoms with Gasteiger partial charge in [0.2, 0.25) is 15.9 Å². The van der Waals surface area contributed by atoms with Gasteiger partial charge in [0.15, 0.2) is 0 Å². The molecule has 2 aromatic carbocycles. The van der Waals surface area contributed by atoms with Gasteiger partial charge in [-0.05, 0) is 55.2 Å². The first-order valence-corrected chi connectivity index (χ1v) is 12.1. The third-order valence-electron chi connectivity index (χ3n) is 5.31. The first-order chi connectivity index (χ1) is 15.2. The van der Waals surface area contributed by atoms with Gasteiger partial charge in [0, 0.05) is 19.6 Å². The summed E-state index contributed by atoms with van der Waals surface area (Å²) < 4.78 is 40.3. The number of nitrogens with zero attached hydrogens (tertiary/aromatic N) is 1. The highest BCUT2D eigenvalue weighted by atomic mass is 32.2. The maximum Gasteiger partial charge on any atom is 0.253 e. The van der Waals surface area contributed by atoms with Gasteiger partial charge >= 0.3 is 0 Å². The lowest BCUT2D eigenvalue weighted by molar-refractivity contribution is -0.120. The Balaban J connectivity index is 1.71. The van der Waals surface area contributed by atoms with Crippen molar-refractivity contribution in [2.75, 3.05) is 25.0 Å². The van der Waals surface area contributed by atoms with Gasteiger partial charge in [0.1, 0.15) is 5.82 Å². The highest BCUT2D eigenvalue weighted by molar-refractivity contribution is 7.89. The molecule has 0 aromatic heterocycles. The van der Waals surface area contributed by atoms with Crippen molar-refractivity contribution in [2.45, 2.75) is 31.6 Å². The number of carbonyl (C=O) groups is 2. The lowest BCUT2D eigenvalue weighted by atomic mass is 9.98. The molecule has 1 atom stereocenters. The topological polar surface area (TPSA) is 95.6 Å². The van der Waals surface area contributed by atoms with Crippen LogP contribution in [0.15, 0.2) is 53.4 Å². The fourth-order valence-electron chi connectivity index (χ4n) is 3.55. The van der Waals surface area contributed by atoms with Gasteiger partial charge in [-0.15, -0.1) is 0 Å². The Morgan fingerprint density at radius 3 is 2.50 bits per heavy atom. The van der Waals surface area contributed by atoms with Crippen molar-refractivity contribution in [1.29, 1.82) is 0 Å². The molecule has 9 heteroatoms. The maximum atomic E-state index is 13.2. The van der Waals surface area contributed by atoms with Crippen LogP contribution in [0.25, 0.3) is 0 Å². The molecular formula is C23H28FN3O4S. The van der Waals surface area contributed by atoms with Crippen molar-refractivity contribution in [2.24, 2.45) is 11.8 Å². The number of piperidine rings is 1. The Labute approximate surface area is 188 Å². The summed E-state index contributed by atoms with van der Waals surface area (Å²) in [5.74, 6) is -1.41. The molecular weight excluding hydrogens is 433 g/mol. The zero-order valence-electron chi connectivity index (χ0n) is 18.2. The molecule has 1 fully saturated rings. The van der Waals surface area contributed by atoms with Gasteiger partial charge in [-0.3, -0.25) is 9.59 Å². The molecule has 1 heterocycles. The van der Waals surface area contributed by atoms with Crippen molar-refractivity contribution < 1.29 is 22.4 Å². The van der Waals surface area contributed by atoms with Crippen molar-refractivity contribution in [1.82, 2.24) is 9.62 Å². The fourth-order valence-corrected chi connectivity index (χ4v) is 5.07. The summed E-state index contributed by atoms with van der Waals surface area (Å²) in [6.07, 6.45) is 1.05. The standard InChI is InChI=1S/C23H28FN3O4S/c1-16(2)14-25-23(29)20-7-3-4-8-21(20)26-22(28)17-6-5-13-27(15-17)32(30,31)19-11-9-18(24)10-12-19/h3-4,7-12,16-17H,5-6,13-15H2,1-2H3,(H,25,29)(H,26,28)/t17-/m0/s1. The van der Waals surface area contributed by atoms with Gasteiger partial charge in [0.25, 0.3) is 5.91 Å². The summed E-state index contributed by atoms with van der Waals surface area (Å²) in [6, 6.07) is 11.4. The van der Waals surface area contributed by atoms with E-state index in [0.29, 0.717) is 30.6 Å². The van der Waals surface area contributed by atoms with E-state index in [1.165, 1.54) is 16.4 Å². The number of benzene rings is 2. The first kappa shape index (κ1) is 23.9. The molecule has 0 unspecified atom stereocenters. The van der Waals surface area contributed by atoms with Crippen molar-refractivity contribution in [3.8, 4) is 0 Å². The molecule has 0 aliphatic carbocycles. The van der Waals surface area contributed by atoms with Crippen LogP contribution in [-0.2, 0) is 14.8 Å². The zero-order chi connectivity index (χ0) is 23.3. The van der Waals surface area contributed by atoms with Crippen LogP contribution < -0.4 is 10.6 Å². The third-order valence-corrected chi connectivity index (χ3v) is 7.19. The molecule has 32 heavy (non-hydrogen) atoms. The maximum absolute atomic E-state index is 13.2. The number of rotatable bonds is 7. The molecule has 1 aliphatic rings.